The van der Waals surface area contributed by atoms with Crippen molar-refractivity contribution in [2.45, 2.75) is 105 Å². The van der Waals surface area contributed by atoms with Crippen LogP contribution in [-0.4, -0.2) is 122 Å². The number of hydrogen-bond acceptors (Lipinski definition) is 11. The molecule has 2 aromatic carbocycles. The summed E-state index contributed by atoms with van der Waals surface area (Å²) in [5.41, 5.74) is 2.73. The molecule has 1 aliphatic carbocycles. The lowest BCUT2D eigenvalue weighted by atomic mass is 9.58. The topological polar surface area (TPSA) is 180 Å². The summed E-state index contributed by atoms with van der Waals surface area (Å²) in [5.74, 6) is -0.491. The highest BCUT2D eigenvalue weighted by Crippen LogP contribution is 2.46. The fraction of sp³-hybridized carbons (Fsp3) is 0.628. The summed E-state index contributed by atoms with van der Waals surface area (Å²) in [6.45, 7) is 19.3. The zero-order chi connectivity index (χ0) is 42.7. The van der Waals surface area contributed by atoms with Crippen LogP contribution in [0.3, 0.4) is 0 Å². The van der Waals surface area contributed by atoms with Crippen molar-refractivity contribution in [3.05, 3.63) is 65.7 Å². The monoisotopic (exact) mass is 810 g/mol. The number of ether oxygens (including phenoxy) is 4. The van der Waals surface area contributed by atoms with Crippen molar-refractivity contribution in [3.63, 3.8) is 0 Å². The second kappa shape index (κ2) is 20.5. The molecular weight excluding hydrogens is 745 g/mol. The van der Waals surface area contributed by atoms with Crippen LogP contribution in [0.2, 0.25) is 0 Å². The second-order valence-electron chi connectivity index (χ2n) is 17.9. The predicted octanol–water partition coefficient (Wildman–Crippen LogP) is 4.03. The number of carbonyl (C=O) groups is 4. The largest absolute Gasteiger partial charge is 0.492 e. The molecule has 2 aliphatic rings. The molecule has 15 nitrogen and oxygen atoms in total. The van der Waals surface area contributed by atoms with E-state index in [4.69, 9.17) is 18.9 Å². The summed E-state index contributed by atoms with van der Waals surface area (Å²) >= 11 is 0. The number of amides is 4. The molecule has 5 atom stereocenters. The fourth-order valence-corrected chi connectivity index (χ4v) is 7.10. The first kappa shape index (κ1) is 46.3. The molecular formula is C43H66N6O9. The normalized spacial score (nSPS) is 19.8. The van der Waals surface area contributed by atoms with Crippen LogP contribution in [0.5, 0.6) is 5.75 Å². The molecule has 0 spiro atoms. The molecule has 0 aromatic heterocycles. The Morgan fingerprint density at radius 2 is 1.59 bits per heavy atom. The molecule has 4 amide bonds. The van der Waals surface area contributed by atoms with E-state index in [1.807, 2.05) is 89.2 Å². The number of nitrogens with one attached hydrogen (secondary N) is 4. The molecule has 0 radical (unpaired) electrons. The summed E-state index contributed by atoms with van der Waals surface area (Å²) in [6.07, 6.45) is -1.73. The van der Waals surface area contributed by atoms with Gasteiger partial charge in [-0.05, 0) is 67.7 Å². The lowest BCUT2D eigenvalue weighted by Crippen LogP contribution is -2.64. The maximum atomic E-state index is 14.0. The van der Waals surface area contributed by atoms with Gasteiger partial charge in [-0.2, -0.15) is 0 Å². The SMILES string of the molecule is COC(=O)NC(C(=O)NN(Cc1ccc(OCCN2CCOCC2)cc1)C[C@H](O)[C@H](Cc1ccccc1)NC(=O)[C@H]1C[C@@H](NC(=O)OC(C)(C)C)C1(C)C)C(C)(C)C. The van der Waals surface area contributed by atoms with Gasteiger partial charge in [-0.25, -0.2) is 14.6 Å². The number of methoxy groups -OCH3 is 1. The number of morpholine rings is 1. The van der Waals surface area contributed by atoms with Crippen LogP contribution in [0.1, 0.15) is 72.9 Å². The summed E-state index contributed by atoms with van der Waals surface area (Å²) in [5, 5.41) is 22.2. The Morgan fingerprint density at radius 1 is 0.931 bits per heavy atom. The van der Waals surface area contributed by atoms with Crippen LogP contribution in [0, 0.1) is 16.7 Å². The third-order valence-electron chi connectivity index (χ3n) is 10.7. The van der Waals surface area contributed by atoms with E-state index in [1.54, 1.807) is 25.8 Å². The van der Waals surface area contributed by atoms with E-state index in [1.165, 1.54) is 7.11 Å². The van der Waals surface area contributed by atoms with E-state index in [-0.39, 0.29) is 25.0 Å². The molecule has 1 heterocycles. The molecule has 1 aliphatic heterocycles. The number of nitrogens with zero attached hydrogens (tertiary/aromatic N) is 2. The highest BCUT2D eigenvalue weighted by Gasteiger charge is 2.53. The molecule has 1 unspecified atom stereocenters. The quantitative estimate of drug-likeness (QED) is 0.146. The average Bonchev–Trinajstić information content (AvgIpc) is 3.15. The maximum Gasteiger partial charge on any atom is 0.407 e. The Morgan fingerprint density at radius 3 is 2.17 bits per heavy atom. The number of hydrazine groups is 1. The summed E-state index contributed by atoms with van der Waals surface area (Å²) < 4.78 is 21.7. The molecule has 5 N–H and O–H groups in total. The van der Waals surface area contributed by atoms with Gasteiger partial charge in [0.05, 0.1) is 32.5 Å². The number of rotatable bonds is 17. The zero-order valence-electron chi connectivity index (χ0n) is 35.8. The molecule has 4 rings (SSSR count). The Kier molecular flexibility index (Phi) is 16.3. The lowest BCUT2D eigenvalue weighted by Gasteiger charge is -2.51. The van der Waals surface area contributed by atoms with Crippen LogP contribution >= 0.6 is 0 Å². The summed E-state index contributed by atoms with van der Waals surface area (Å²) in [4.78, 5) is 55.0. The molecule has 1 saturated heterocycles. The minimum absolute atomic E-state index is 0.0761. The number of hydrogen-bond donors (Lipinski definition) is 5. The Labute approximate surface area is 343 Å². The molecule has 58 heavy (non-hydrogen) atoms. The number of aliphatic hydroxyl groups excluding tert-OH is 1. The van der Waals surface area contributed by atoms with Crippen LogP contribution in [0.15, 0.2) is 54.6 Å². The standard InChI is InChI=1S/C43H66N6O9/c1-41(2,3)36(46-39(53)55-9)38(52)47-49(27-30-15-17-31(18-16-30)57-24-21-48-19-22-56-23-20-48)28-34(50)33(25-29-13-11-10-12-14-29)44-37(51)32-26-35(43(32,7)8)45-40(54)58-42(4,5)6/h10-18,32-36,50H,19-28H2,1-9H3,(H,44,51)(H,45,54)(H,46,53)(H,47,52)/t32-,33+,34+,35-,36?/m1/s1. The van der Waals surface area contributed by atoms with Crippen LogP contribution < -0.4 is 26.1 Å². The molecule has 1 saturated carbocycles. The van der Waals surface area contributed by atoms with Gasteiger partial charge in [0.2, 0.25) is 5.91 Å². The minimum atomic E-state index is -1.16. The molecule has 322 valence electrons. The highest BCUT2D eigenvalue weighted by atomic mass is 16.6. The van der Waals surface area contributed by atoms with Crippen molar-refractivity contribution < 1.29 is 43.2 Å². The second-order valence-corrected chi connectivity index (χ2v) is 17.9. The molecule has 2 fully saturated rings. The first-order valence-electron chi connectivity index (χ1n) is 20.2. The zero-order valence-corrected chi connectivity index (χ0v) is 35.8. The van der Waals surface area contributed by atoms with E-state index in [0.29, 0.717) is 25.2 Å². The summed E-state index contributed by atoms with van der Waals surface area (Å²) in [7, 11) is 1.23. The average molecular weight is 811 g/mol. The first-order valence-corrected chi connectivity index (χ1v) is 20.2. The van der Waals surface area contributed by atoms with E-state index >= 15 is 0 Å². The van der Waals surface area contributed by atoms with Crippen molar-refractivity contribution >= 4 is 24.0 Å². The minimum Gasteiger partial charge on any atom is -0.492 e. The molecule has 2 aromatic rings. The summed E-state index contributed by atoms with van der Waals surface area (Å²) in [6, 6.07) is 15.1. The van der Waals surface area contributed by atoms with E-state index < -0.39 is 58.6 Å². The van der Waals surface area contributed by atoms with Crippen LogP contribution in [0.25, 0.3) is 0 Å². The fourth-order valence-electron chi connectivity index (χ4n) is 7.10. The van der Waals surface area contributed by atoms with Crippen molar-refractivity contribution in [1.29, 1.82) is 0 Å². The van der Waals surface area contributed by atoms with Gasteiger partial charge < -0.3 is 40.0 Å². The third kappa shape index (κ3) is 14.1. The van der Waals surface area contributed by atoms with Crippen molar-refractivity contribution in [1.82, 2.24) is 31.3 Å². The van der Waals surface area contributed by atoms with Gasteiger partial charge in [0.1, 0.15) is 24.0 Å². The number of aliphatic hydroxyl groups is 1. The number of carbonyl (C=O) groups excluding carboxylic acids is 4. The Balaban J connectivity index is 1.52. The Bertz CT molecular complexity index is 1640. The Hall–Kier alpha value is -4.44. The van der Waals surface area contributed by atoms with Gasteiger partial charge in [-0.1, -0.05) is 77.1 Å². The molecule has 15 heteroatoms. The van der Waals surface area contributed by atoms with Crippen molar-refractivity contribution in [2.75, 3.05) is 53.1 Å². The van der Waals surface area contributed by atoms with Gasteiger partial charge >= 0.3 is 12.2 Å². The van der Waals surface area contributed by atoms with Gasteiger partial charge in [0, 0.05) is 44.7 Å². The van der Waals surface area contributed by atoms with Gasteiger partial charge in [0.25, 0.3) is 5.91 Å². The van der Waals surface area contributed by atoms with Crippen molar-refractivity contribution in [3.8, 4) is 5.75 Å². The highest BCUT2D eigenvalue weighted by molar-refractivity contribution is 5.86. The smallest absolute Gasteiger partial charge is 0.407 e. The maximum absolute atomic E-state index is 14.0. The number of alkyl carbamates (subject to hydrolysis) is 2. The molecule has 0 bridgehead atoms. The van der Waals surface area contributed by atoms with Gasteiger partial charge in [0.15, 0.2) is 0 Å². The van der Waals surface area contributed by atoms with E-state index in [9.17, 15) is 24.3 Å². The van der Waals surface area contributed by atoms with Crippen LogP contribution in [-0.2, 0) is 36.8 Å². The first-order chi connectivity index (χ1) is 27.2. The van der Waals surface area contributed by atoms with Gasteiger partial charge in [-0.15, -0.1) is 0 Å². The van der Waals surface area contributed by atoms with E-state index in [2.05, 4.69) is 26.3 Å². The van der Waals surface area contributed by atoms with Crippen molar-refractivity contribution in [2.24, 2.45) is 16.7 Å². The van der Waals surface area contributed by atoms with Crippen LogP contribution in [0.4, 0.5) is 9.59 Å². The van der Waals surface area contributed by atoms with Gasteiger partial charge in [-0.3, -0.25) is 19.9 Å². The predicted molar refractivity (Wildman–Crippen MR) is 220 cm³/mol. The third-order valence-corrected chi connectivity index (χ3v) is 10.7. The van der Waals surface area contributed by atoms with E-state index in [0.717, 1.165) is 44.0 Å². The lowest BCUT2D eigenvalue weighted by molar-refractivity contribution is -0.139. The number of benzene rings is 2.